The first-order chi connectivity index (χ1) is 14.1. The third-order valence-electron chi connectivity index (χ3n) is 5.36. The summed E-state index contributed by atoms with van der Waals surface area (Å²) in [4.78, 5) is 26.9. The highest BCUT2D eigenvalue weighted by atomic mass is 19.1. The summed E-state index contributed by atoms with van der Waals surface area (Å²) in [6.45, 7) is 0.473. The normalized spacial score (nSPS) is 20.0. The summed E-state index contributed by atoms with van der Waals surface area (Å²) in [6.07, 6.45) is 0.498. The molecule has 7 heteroatoms. The fourth-order valence-corrected chi connectivity index (χ4v) is 3.82. The van der Waals surface area contributed by atoms with Crippen molar-refractivity contribution in [1.82, 2.24) is 15.6 Å². The van der Waals surface area contributed by atoms with Crippen LogP contribution in [0.4, 0.5) is 4.39 Å². The Hall–Kier alpha value is -3.03. The molecule has 0 aliphatic carbocycles. The van der Waals surface area contributed by atoms with Crippen molar-refractivity contribution in [1.29, 1.82) is 0 Å². The smallest absolute Gasteiger partial charge is 0.239 e. The van der Waals surface area contributed by atoms with Gasteiger partial charge in [0.2, 0.25) is 5.91 Å². The van der Waals surface area contributed by atoms with Gasteiger partial charge in [0.15, 0.2) is 0 Å². The van der Waals surface area contributed by atoms with Crippen molar-refractivity contribution in [3.8, 4) is 11.3 Å². The second kappa shape index (κ2) is 8.14. The Morgan fingerprint density at radius 2 is 1.97 bits per heavy atom. The number of β-amino-alcohol motifs (C(OH)–C–C–N with tert-alkyl or cyclic N) is 1. The van der Waals surface area contributed by atoms with Gasteiger partial charge in [-0.25, -0.2) is 4.39 Å². The molecule has 0 spiro atoms. The molecule has 0 saturated carbocycles. The maximum Gasteiger partial charge on any atom is 0.239 e. The van der Waals surface area contributed by atoms with Crippen molar-refractivity contribution in [2.75, 3.05) is 13.1 Å². The minimum Gasteiger partial charge on any atom is -0.389 e. The van der Waals surface area contributed by atoms with E-state index < -0.39 is 18.1 Å². The van der Waals surface area contributed by atoms with Gasteiger partial charge in [-0.2, -0.15) is 0 Å². The molecular weight excluding hydrogens is 373 g/mol. The molecule has 3 atom stereocenters. The molecule has 4 N–H and O–H groups in total. The van der Waals surface area contributed by atoms with Crippen LogP contribution in [0.2, 0.25) is 0 Å². The zero-order valence-corrected chi connectivity index (χ0v) is 15.7. The number of aromatic amines is 1. The zero-order valence-electron chi connectivity index (χ0n) is 15.7. The molecule has 150 valence electrons. The molecule has 1 unspecified atom stereocenters. The predicted molar refractivity (Wildman–Crippen MR) is 108 cm³/mol. The largest absolute Gasteiger partial charge is 0.389 e. The molecule has 1 aliphatic heterocycles. The van der Waals surface area contributed by atoms with E-state index >= 15 is 0 Å². The summed E-state index contributed by atoms with van der Waals surface area (Å²) in [6, 6.07) is 13.3. The van der Waals surface area contributed by atoms with E-state index in [1.807, 2.05) is 24.3 Å². The summed E-state index contributed by atoms with van der Waals surface area (Å²) in [7, 11) is 0. The molecule has 0 radical (unpaired) electrons. The van der Waals surface area contributed by atoms with Crippen molar-refractivity contribution in [3.05, 3.63) is 59.9 Å². The Morgan fingerprint density at radius 1 is 1.21 bits per heavy atom. The first-order valence-electron chi connectivity index (χ1n) is 9.57. The highest BCUT2D eigenvalue weighted by Crippen LogP contribution is 2.32. The summed E-state index contributed by atoms with van der Waals surface area (Å²) in [5.41, 5.74) is 3.57. The van der Waals surface area contributed by atoms with Gasteiger partial charge in [-0.1, -0.05) is 18.2 Å². The number of aromatic nitrogens is 1. The summed E-state index contributed by atoms with van der Waals surface area (Å²) >= 11 is 0. The third kappa shape index (κ3) is 3.92. The lowest BCUT2D eigenvalue weighted by molar-refractivity contribution is -0.122. The van der Waals surface area contributed by atoms with Crippen LogP contribution < -0.4 is 10.6 Å². The molecule has 0 bridgehead atoms. The number of aliphatic hydroxyl groups excluding tert-OH is 1. The number of carbonyl (C=O) groups is 2. The fourth-order valence-electron chi connectivity index (χ4n) is 3.82. The average Bonchev–Trinajstić information content (AvgIpc) is 3.25. The zero-order chi connectivity index (χ0) is 20.4. The average molecular weight is 395 g/mol. The van der Waals surface area contributed by atoms with E-state index in [9.17, 15) is 19.1 Å². The van der Waals surface area contributed by atoms with Crippen LogP contribution in [0.25, 0.3) is 22.2 Å². The number of aldehydes is 1. The Morgan fingerprint density at radius 3 is 2.66 bits per heavy atom. The SMILES string of the molecule is O=CC(CN[C@@H]1C(=O)NC[C@H]1O)Cc1c(-c2ccc(F)cc2)[nH]c2ccccc12. The quantitative estimate of drug-likeness (QED) is 0.459. The van der Waals surface area contributed by atoms with Crippen LogP contribution in [0.5, 0.6) is 0 Å². The Kier molecular flexibility index (Phi) is 5.42. The molecule has 1 fully saturated rings. The van der Waals surface area contributed by atoms with Crippen molar-refractivity contribution in [2.24, 2.45) is 5.92 Å². The minimum atomic E-state index is -0.808. The van der Waals surface area contributed by atoms with Crippen LogP contribution in [-0.4, -0.2) is 47.5 Å². The number of para-hydroxylation sites is 1. The molecule has 1 amide bonds. The first-order valence-corrected chi connectivity index (χ1v) is 9.57. The molecule has 2 heterocycles. The Labute approximate surface area is 167 Å². The van der Waals surface area contributed by atoms with Gasteiger partial charge < -0.3 is 25.5 Å². The summed E-state index contributed by atoms with van der Waals surface area (Å²) in [5.74, 6) is -0.968. The number of benzene rings is 2. The van der Waals surface area contributed by atoms with E-state index in [-0.39, 0.29) is 24.8 Å². The standard InChI is InChI=1S/C22H22FN3O3/c23-15-7-5-14(6-8-15)20-17(16-3-1-2-4-18(16)26-20)9-13(12-27)10-24-21-19(28)11-25-22(21)29/h1-8,12-13,19,21,24,26,28H,9-11H2,(H,25,29)/t13?,19-,21+/m1/s1. The van der Waals surface area contributed by atoms with Crippen molar-refractivity contribution in [2.45, 2.75) is 18.6 Å². The molecule has 29 heavy (non-hydrogen) atoms. The van der Waals surface area contributed by atoms with Crippen LogP contribution in [-0.2, 0) is 16.0 Å². The maximum atomic E-state index is 13.4. The molecular formula is C22H22FN3O3. The van der Waals surface area contributed by atoms with Gasteiger partial charge in [0.05, 0.1) is 6.10 Å². The maximum absolute atomic E-state index is 13.4. The van der Waals surface area contributed by atoms with Crippen LogP contribution in [0.3, 0.4) is 0 Å². The summed E-state index contributed by atoms with van der Waals surface area (Å²) in [5, 5.41) is 16.5. The lowest BCUT2D eigenvalue weighted by Gasteiger charge is -2.17. The number of carbonyl (C=O) groups excluding carboxylic acids is 2. The van der Waals surface area contributed by atoms with Gasteiger partial charge in [-0.3, -0.25) is 4.79 Å². The molecule has 1 aromatic heterocycles. The highest BCUT2D eigenvalue weighted by molar-refractivity contribution is 5.91. The van der Waals surface area contributed by atoms with Crippen molar-refractivity contribution >= 4 is 23.1 Å². The van der Waals surface area contributed by atoms with E-state index in [1.54, 1.807) is 12.1 Å². The van der Waals surface area contributed by atoms with E-state index in [0.29, 0.717) is 6.42 Å². The number of amides is 1. The molecule has 1 aliphatic rings. The number of rotatable bonds is 7. The lowest BCUT2D eigenvalue weighted by Crippen LogP contribution is -2.44. The predicted octanol–water partition coefficient (Wildman–Crippen LogP) is 1.78. The number of aliphatic hydroxyl groups is 1. The van der Waals surface area contributed by atoms with Gasteiger partial charge >= 0.3 is 0 Å². The second-order valence-electron chi connectivity index (χ2n) is 7.33. The van der Waals surface area contributed by atoms with Crippen molar-refractivity contribution < 1.29 is 19.1 Å². The van der Waals surface area contributed by atoms with Crippen molar-refractivity contribution in [3.63, 3.8) is 0 Å². The number of fused-ring (bicyclic) bond motifs is 1. The number of H-pyrrole nitrogens is 1. The Balaban J connectivity index is 1.61. The van der Waals surface area contributed by atoms with Gasteiger partial charge in [0.1, 0.15) is 18.1 Å². The molecule has 1 saturated heterocycles. The number of halogens is 1. The van der Waals surface area contributed by atoms with E-state index in [1.165, 1.54) is 12.1 Å². The summed E-state index contributed by atoms with van der Waals surface area (Å²) < 4.78 is 13.4. The fraction of sp³-hybridized carbons (Fsp3) is 0.273. The lowest BCUT2D eigenvalue weighted by atomic mass is 9.95. The van der Waals surface area contributed by atoms with Gasteiger partial charge in [-0.15, -0.1) is 0 Å². The van der Waals surface area contributed by atoms with Crippen LogP contribution in [0.1, 0.15) is 5.56 Å². The monoisotopic (exact) mass is 395 g/mol. The minimum absolute atomic E-state index is 0.208. The number of nitrogens with one attached hydrogen (secondary N) is 3. The van der Waals surface area contributed by atoms with E-state index in [0.717, 1.165) is 34.0 Å². The number of hydrogen-bond acceptors (Lipinski definition) is 4. The second-order valence-corrected chi connectivity index (χ2v) is 7.33. The number of hydrogen-bond donors (Lipinski definition) is 4. The molecule has 6 nitrogen and oxygen atoms in total. The molecule has 2 aromatic carbocycles. The van der Waals surface area contributed by atoms with Crippen LogP contribution >= 0.6 is 0 Å². The van der Waals surface area contributed by atoms with Gasteiger partial charge in [0.25, 0.3) is 0 Å². The molecule has 3 aromatic rings. The van der Waals surface area contributed by atoms with E-state index in [4.69, 9.17) is 0 Å². The third-order valence-corrected chi connectivity index (χ3v) is 5.36. The topological polar surface area (TPSA) is 94.2 Å². The highest BCUT2D eigenvalue weighted by Gasteiger charge is 2.33. The van der Waals surface area contributed by atoms with Gasteiger partial charge in [-0.05, 0) is 47.9 Å². The van der Waals surface area contributed by atoms with Crippen LogP contribution in [0.15, 0.2) is 48.5 Å². The first kappa shape index (κ1) is 19.3. The Bertz CT molecular complexity index is 1030. The van der Waals surface area contributed by atoms with Crippen LogP contribution in [0, 0.1) is 11.7 Å². The van der Waals surface area contributed by atoms with Gasteiger partial charge in [0, 0.05) is 35.6 Å². The van der Waals surface area contributed by atoms with E-state index in [2.05, 4.69) is 15.6 Å². The molecule has 4 rings (SSSR count).